The molecule has 1 amide bonds. The number of hydrogen-bond donors (Lipinski definition) is 1. The lowest BCUT2D eigenvalue weighted by Crippen LogP contribution is -2.29. The fourth-order valence-electron chi connectivity index (χ4n) is 4.81. The number of nitrogens with zero attached hydrogens (tertiary/aromatic N) is 1. The van der Waals surface area contributed by atoms with Gasteiger partial charge in [-0.05, 0) is 54.4 Å². The Labute approximate surface area is 209 Å². The van der Waals surface area contributed by atoms with Crippen molar-refractivity contribution in [3.8, 4) is 17.2 Å². The van der Waals surface area contributed by atoms with E-state index in [4.69, 9.17) is 14.2 Å². The van der Waals surface area contributed by atoms with Gasteiger partial charge in [-0.15, -0.1) is 0 Å². The van der Waals surface area contributed by atoms with Crippen molar-refractivity contribution in [2.45, 2.75) is 25.9 Å². The lowest BCUT2D eigenvalue weighted by atomic mass is 9.94. The predicted octanol–water partition coefficient (Wildman–Crippen LogP) is 4.65. The maximum atomic E-state index is 13.4. The van der Waals surface area contributed by atoms with Crippen LogP contribution in [0.2, 0.25) is 0 Å². The summed E-state index contributed by atoms with van der Waals surface area (Å²) in [7, 11) is 1.56. The van der Waals surface area contributed by atoms with Gasteiger partial charge in [-0.1, -0.05) is 30.3 Å². The van der Waals surface area contributed by atoms with Crippen LogP contribution in [0.1, 0.15) is 35.2 Å². The molecule has 1 fully saturated rings. The van der Waals surface area contributed by atoms with Crippen molar-refractivity contribution in [2.75, 3.05) is 20.3 Å². The molecule has 7 nitrogen and oxygen atoms in total. The van der Waals surface area contributed by atoms with E-state index in [1.165, 1.54) is 4.90 Å². The molecule has 5 rings (SSSR count). The lowest BCUT2D eigenvalue weighted by molar-refractivity contribution is -0.140. The second kappa shape index (κ2) is 9.77. The molecule has 2 aliphatic heterocycles. The highest BCUT2D eigenvalue weighted by Gasteiger charge is 2.46. The van der Waals surface area contributed by atoms with E-state index >= 15 is 0 Å². The van der Waals surface area contributed by atoms with Crippen LogP contribution in [0.25, 0.3) is 5.76 Å². The first-order valence-corrected chi connectivity index (χ1v) is 11.9. The van der Waals surface area contributed by atoms with Gasteiger partial charge in [0.15, 0.2) is 0 Å². The number of ether oxygens (including phenoxy) is 3. The Bertz CT molecular complexity index is 1340. The van der Waals surface area contributed by atoms with E-state index in [0.717, 1.165) is 23.3 Å². The maximum Gasteiger partial charge on any atom is 0.295 e. The van der Waals surface area contributed by atoms with Crippen LogP contribution >= 0.6 is 0 Å². The summed E-state index contributed by atoms with van der Waals surface area (Å²) >= 11 is 0. The lowest BCUT2D eigenvalue weighted by Gasteiger charge is -2.26. The molecule has 36 heavy (non-hydrogen) atoms. The number of carbonyl (C=O) groups excluding carboxylic acids is 2. The molecular formula is C29H27NO6. The van der Waals surface area contributed by atoms with Crippen molar-refractivity contribution in [1.29, 1.82) is 0 Å². The molecule has 2 aliphatic rings. The number of aliphatic hydroxyl groups is 1. The number of hydrogen-bond acceptors (Lipinski definition) is 6. The Morgan fingerprint density at radius 3 is 2.61 bits per heavy atom. The number of para-hydroxylation sites is 1. The molecule has 7 heteroatoms. The molecule has 0 aromatic heterocycles. The Morgan fingerprint density at radius 1 is 1.08 bits per heavy atom. The quantitative estimate of drug-likeness (QED) is 0.298. The number of rotatable bonds is 7. The highest BCUT2D eigenvalue weighted by molar-refractivity contribution is 6.46. The van der Waals surface area contributed by atoms with Crippen molar-refractivity contribution in [1.82, 2.24) is 4.90 Å². The highest BCUT2D eigenvalue weighted by Crippen LogP contribution is 2.42. The molecule has 1 N–H and O–H groups in total. The first-order valence-electron chi connectivity index (χ1n) is 11.9. The maximum absolute atomic E-state index is 13.4. The molecular weight excluding hydrogens is 458 g/mol. The van der Waals surface area contributed by atoms with Crippen LogP contribution in [0.4, 0.5) is 0 Å². The first kappa shape index (κ1) is 23.5. The second-order valence-corrected chi connectivity index (χ2v) is 8.66. The van der Waals surface area contributed by atoms with Crippen molar-refractivity contribution in [3.63, 3.8) is 0 Å². The zero-order valence-corrected chi connectivity index (χ0v) is 20.2. The van der Waals surface area contributed by atoms with Gasteiger partial charge in [-0.2, -0.15) is 0 Å². The largest absolute Gasteiger partial charge is 0.507 e. The Morgan fingerprint density at radius 2 is 1.86 bits per heavy atom. The summed E-state index contributed by atoms with van der Waals surface area (Å²) in [4.78, 5) is 28.2. The van der Waals surface area contributed by atoms with Gasteiger partial charge in [0.1, 0.15) is 23.0 Å². The van der Waals surface area contributed by atoms with E-state index in [0.29, 0.717) is 35.8 Å². The third-order valence-corrected chi connectivity index (χ3v) is 6.54. The van der Waals surface area contributed by atoms with Gasteiger partial charge in [0, 0.05) is 17.5 Å². The topological polar surface area (TPSA) is 85.3 Å². The molecule has 3 aromatic rings. The monoisotopic (exact) mass is 485 g/mol. The molecule has 0 aliphatic carbocycles. The van der Waals surface area contributed by atoms with Crippen LogP contribution in [0.15, 0.2) is 72.3 Å². The SMILES string of the molecule is CCOc1ccc(C2/C(=C(/O)c3ccc4c(c3)CCO4)C(=O)C(=O)N2Cc2ccccc2OC)cc1. The number of fused-ring (bicyclic) bond motifs is 1. The summed E-state index contributed by atoms with van der Waals surface area (Å²) in [6.45, 7) is 3.14. The first-order chi connectivity index (χ1) is 17.5. The summed E-state index contributed by atoms with van der Waals surface area (Å²) < 4.78 is 16.6. The van der Waals surface area contributed by atoms with Gasteiger partial charge in [-0.25, -0.2) is 0 Å². The number of methoxy groups -OCH3 is 1. The number of aliphatic hydroxyl groups excluding tert-OH is 1. The Hall–Kier alpha value is -4.26. The van der Waals surface area contributed by atoms with E-state index in [9.17, 15) is 14.7 Å². The van der Waals surface area contributed by atoms with Crippen LogP contribution in [0, 0.1) is 0 Å². The molecule has 0 spiro atoms. The van der Waals surface area contributed by atoms with Crippen molar-refractivity contribution >= 4 is 17.4 Å². The van der Waals surface area contributed by atoms with Gasteiger partial charge in [-0.3, -0.25) is 9.59 Å². The number of Topliss-reactive ketones (excluding diaryl/α,β-unsaturated/α-hetero) is 1. The normalized spacial score (nSPS) is 18.2. The zero-order valence-electron chi connectivity index (χ0n) is 20.2. The Balaban J connectivity index is 1.62. The van der Waals surface area contributed by atoms with Gasteiger partial charge < -0.3 is 24.2 Å². The summed E-state index contributed by atoms with van der Waals surface area (Å²) in [6.07, 6.45) is 0.723. The van der Waals surface area contributed by atoms with Crippen LogP contribution in [0.3, 0.4) is 0 Å². The van der Waals surface area contributed by atoms with Gasteiger partial charge in [0.25, 0.3) is 11.7 Å². The summed E-state index contributed by atoms with van der Waals surface area (Å²) in [5.41, 5.74) is 2.94. The molecule has 1 unspecified atom stereocenters. The zero-order chi connectivity index (χ0) is 25.2. The fraction of sp³-hybridized carbons (Fsp3) is 0.241. The summed E-state index contributed by atoms with van der Waals surface area (Å²) in [5, 5.41) is 11.4. The minimum absolute atomic E-state index is 0.0536. The number of likely N-dealkylation sites (tertiary alicyclic amines) is 1. The summed E-state index contributed by atoms with van der Waals surface area (Å²) in [6, 6.07) is 19.1. The van der Waals surface area contributed by atoms with Gasteiger partial charge >= 0.3 is 0 Å². The molecule has 0 radical (unpaired) electrons. The van der Waals surface area contributed by atoms with Gasteiger partial charge in [0.2, 0.25) is 0 Å². The van der Waals surface area contributed by atoms with Crippen LogP contribution in [-0.4, -0.2) is 42.0 Å². The molecule has 1 saturated heterocycles. The van der Waals surface area contributed by atoms with Crippen molar-refractivity contribution in [2.24, 2.45) is 0 Å². The van der Waals surface area contributed by atoms with E-state index in [2.05, 4.69) is 0 Å². The summed E-state index contributed by atoms with van der Waals surface area (Å²) in [5.74, 6) is 0.463. The molecule has 184 valence electrons. The third-order valence-electron chi connectivity index (χ3n) is 6.54. The van der Waals surface area contributed by atoms with E-state index in [1.807, 2.05) is 49.4 Å². The van der Waals surface area contributed by atoms with E-state index in [-0.39, 0.29) is 17.9 Å². The second-order valence-electron chi connectivity index (χ2n) is 8.66. The molecule has 1 atom stereocenters. The number of amides is 1. The highest BCUT2D eigenvalue weighted by atomic mass is 16.5. The van der Waals surface area contributed by atoms with E-state index in [1.54, 1.807) is 31.4 Å². The van der Waals surface area contributed by atoms with Crippen LogP contribution in [0.5, 0.6) is 17.2 Å². The van der Waals surface area contributed by atoms with E-state index < -0.39 is 17.7 Å². The van der Waals surface area contributed by atoms with Crippen LogP contribution < -0.4 is 14.2 Å². The predicted molar refractivity (Wildman–Crippen MR) is 134 cm³/mol. The van der Waals surface area contributed by atoms with Crippen LogP contribution in [-0.2, 0) is 22.6 Å². The molecule has 0 saturated carbocycles. The van der Waals surface area contributed by atoms with Gasteiger partial charge in [0.05, 0.1) is 38.5 Å². The standard InChI is InChI=1S/C29H27NO6/c1-3-35-22-11-8-18(9-12-22)26-25(27(31)20-10-13-24-19(16-20)14-15-36-24)28(32)29(33)30(26)17-21-6-4-5-7-23(21)34-2/h4-13,16,26,31H,3,14-15,17H2,1-2H3/b27-25-. The molecule has 0 bridgehead atoms. The number of ketones is 1. The Kier molecular flexibility index (Phi) is 6.38. The average molecular weight is 486 g/mol. The number of carbonyl (C=O) groups is 2. The average Bonchev–Trinajstić information content (AvgIpc) is 3.47. The fourth-order valence-corrected chi connectivity index (χ4v) is 4.81. The molecule has 3 aromatic carbocycles. The van der Waals surface area contributed by atoms with Crippen molar-refractivity contribution in [3.05, 3.63) is 94.6 Å². The number of benzene rings is 3. The third kappa shape index (κ3) is 4.17. The smallest absolute Gasteiger partial charge is 0.295 e. The minimum atomic E-state index is -0.782. The molecule has 2 heterocycles. The minimum Gasteiger partial charge on any atom is -0.507 e. The van der Waals surface area contributed by atoms with Crippen molar-refractivity contribution < 1.29 is 28.9 Å².